The Balaban J connectivity index is 1.23. The van der Waals surface area contributed by atoms with Crippen LogP contribution < -0.4 is 10.6 Å². The molecule has 10 nitrogen and oxygen atoms in total. The second-order valence-corrected chi connectivity index (χ2v) is 10.5. The largest absolute Gasteiger partial charge is 0.343 e. The number of amides is 2. The number of anilines is 2. The molecule has 10 heteroatoms. The third-order valence-electron chi connectivity index (χ3n) is 7.66. The average molecular weight is 489 g/mol. The molecule has 0 aromatic carbocycles. The monoisotopic (exact) mass is 488 g/mol. The van der Waals surface area contributed by atoms with Crippen molar-refractivity contribution in [2.45, 2.75) is 44.2 Å². The summed E-state index contributed by atoms with van der Waals surface area (Å²) < 4.78 is 2.09. The van der Waals surface area contributed by atoms with E-state index in [-0.39, 0.29) is 17.9 Å². The first-order valence-electron chi connectivity index (χ1n) is 12.8. The Bertz CT molecular complexity index is 1280. The maximum absolute atomic E-state index is 13.0. The van der Waals surface area contributed by atoms with E-state index < -0.39 is 0 Å². The van der Waals surface area contributed by atoms with Gasteiger partial charge in [0, 0.05) is 63.6 Å². The summed E-state index contributed by atoms with van der Waals surface area (Å²) in [4.78, 5) is 43.1. The Labute approximate surface area is 210 Å². The summed E-state index contributed by atoms with van der Waals surface area (Å²) in [6, 6.07) is 6.14. The molecule has 3 aromatic heterocycles. The first-order chi connectivity index (χ1) is 17.5. The van der Waals surface area contributed by atoms with Crippen molar-refractivity contribution in [2.24, 2.45) is 5.92 Å². The highest BCUT2D eigenvalue weighted by Crippen LogP contribution is 2.35. The molecule has 2 N–H and O–H groups in total. The van der Waals surface area contributed by atoms with Crippen LogP contribution in [0.2, 0.25) is 0 Å². The van der Waals surface area contributed by atoms with Crippen LogP contribution in [0.4, 0.5) is 11.8 Å². The van der Waals surface area contributed by atoms with Crippen LogP contribution in [-0.4, -0.2) is 80.9 Å². The maximum atomic E-state index is 13.0. The number of hydrogen-bond acceptors (Lipinski definition) is 7. The predicted molar refractivity (Wildman–Crippen MR) is 136 cm³/mol. The number of rotatable bonds is 5. The van der Waals surface area contributed by atoms with E-state index >= 15 is 0 Å². The Morgan fingerprint density at radius 1 is 1.11 bits per heavy atom. The van der Waals surface area contributed by atoms with Crippen molar-refractivity contribution in [1.82, 2.24) is 34.6 Å². The van der Waals surface area contributed by atoms with Gasteiger partial charge in [0.2, 0.25) is 5.95 Å². The third-order valence-corrected chi connectivity index (χ3v) is 7.66. The molecule has 2 saturated heterocycles. The second kappa shape index (κ2) is 9.16. The van der Waals surface area contributed by atoms with Crippen molar-refractivity contribution in [2.75, 3.05) is 39.0 Å². The molecule has 188 valence electrons. The summed E-state index contributed by atoms with van der Waals surface area (Å²) in [7, 11) is 3.54. The minimum atomic E-state index is -0.0335. The van der Waals surface area contributed by atoms with Gasteiger partial charge in [-0.2, -0.15) is 4.98 Å². The van der Waals surface area contributed by atoms with E-state index in [1.54, 1.807) is 43.5 Å². The van der Waals surface area contributed by atoms with E-state index in [9.17, 15) is 9.59 Å². The Hall–Kier alpha value is -3.53. The van der Waals surface area contributed by atoms with E-state index in [2.05, 4.69) is 25.2 Å². The van der Waals surface area contributed by atoms with Crippen LogP contribution in [-0.2, 0) is 0 Å². The number of carbonyl (C=O) groups excluding carboxylic acids is 2. The van der Waals surface area contributed by atoms with Gasteiger partial charge in [0.15, 0.2) is 0 Å². The fourth-order valence-corrected chi connectivity index (χ4v) is 5.88. The summed E-state index contributed by atoms with van der Waals surface area (Å²) in [6.45, 7) is 2.55. The number of nitrogens with zero attached hydrogens (tertiary/aromatic N) is 6. The minimum Gasteiger partial charge on any atom is -0.343 e. The van der Waals surface area contributed by atoms with Crippen LogP contribution in [0.5, 0.6) is 0 Å². The number of piperidine rings is 1. The fourth-order valence-electron chi connectivity index (χ4n) is 5.88. The first-order valence-corrected chi connectivity index (χ1v) is 12.8. The van der Waals surface area contributed by atoms with Gasteiger partial charge in [0.05, 0.1) is 5.56 Å². The molecule has 3 aromatic rings. The van der Waals surface area contributed by atoms with Gasteiger partial charge >= 0.3 is 0 Å². The van der Waals surface area contributed by atoms with Gasteiger partial charge in [0.25, 0.3) is 11.8 Å². The van der Waals surface area contributed by atoms with Gasteiger partial charge in [-0.15, -0.1) is 0 Å². The van der Waals surface area contributed by atoms with E-state index in [0.717, 1.165) is 62.8 Å². The zero-order valence-corrected chi connectivity index (χ0v) is 20.8. The fraction of sp³-hybridized carbons (Fsp3) is 0.500. The number of aromatic nitrogens is 4. The highest BCUT2D eigenvalue weighted by Gasteiger charge is 2.35. The van der Waals surface area contributed by atoms with E-state index in [4.69, 9.17) is 4.98 Å². The number of fused-ring (bicyclic) bond motifs is 3. The lowest BCUT2D eigenvalue weighted by atomic mass is 9.99. The van der Waals surface area contributed by atoms with Crippen molar-refractivity contribution >= 4 is 34.6 Å². The topological polar surface area (TPSA) is 108 Å². The molecule has 1 aliphatic carbocycles. The third kappa shape index (κ3) is 4.19. The summed E-state index contributed by atoms with van der Waals surface area (Å²) in [6.07, 6.45) is 8.90. The number of pyridine rings is 1. The standard InChI is InChI=1S/C26H32N8O2/c1-32(2)25(36)21-10-18-13-29-26(31-23(18)34(21)20-5-3-4-6-20)30-22-8-7-17(12-28-22)24(35)33-14-16-9-19(15-33)27-11-16/h7-8,10,12-13,16,19-20,27H,3-6,9,11,14-15H2,1-2H3,(H,28,29,30,31)/t16-,19-/m0/s1. The maximum Gasteiger partial charge on any atom is 0.270 e. The van der Waals surface area contributed by atoms with Crippen LogP contribution in [0.3, 0.4) is 0 Å². The van der Waals surface area contributed by atoms with Gasteiger partial charge in [-0.1, -0.05) is 12.8 Å². The number of carbonyl (C=O) groups is 2. The highest BCUT2D eigenvalue weighted by atomic mass is 16.2. The summed E-state index contributed by atoms with van der Waals surface area (Å²) in [5.41, 5.74) is 1.99. The molecule has 0 spiro atoms. The molecule has 3 fully saturated rings. The normalized spacial score (nSPS) is 21.8. The van der Waals surface area contributed by atoms with Gasteiger partial charge < -0.3 is 25.0 Å². The molecule has 36 heavy (non-hydrogen) atoms. The molecule has 2 bridgehead atoms. The van der Waals surface area contributed by atoms with Gasteiger partial charge in [-0.3, -0.25) is 9.59 Å². The van der Waals surface area contributed by atoms with Crippen molar-refractivity contribution in [3.05, 3.63) is 41.9 Å². The van der Waals surface area contributed by atoms with E-state index in [1.165, 1.54) is 0 Å². The smallest absolute Gasteiger partial charge is 0.270 e. The predicted octanol–water partition coefficient (Wildman–Crippen LogP) is 2.82. The molecular weight excluding hydrogens is 456 g/mol. The van der Waals surface area contributed by atoms with E-state index in [0.29, 0.717) is 35.0 Å². The molecule has 2 atom stereocenters. The first kappa shape index (κ1) is 22.9. The lowest BCUT2D eigenvalue weighted by Gasteiger charge is -2.31. The summed E-state index contributed by atoms with van der Waals surface area (Å²) >= 11 is 0. The minimum absolute atomic E-state index is 0.0256. The van der Waals surface area contributed by atoms with Gasteiger partial charge in [-0.05, 0) is 43.4 Å². The molecule has 0 radical (unpaired) electrons. The number of likely N-dealkylation sites (tertiary alicyclic amines) is 1. The number of nitrogens with one attached hydrogen (secondary N) is 2. The zero-order chi connectivity index (χ0) is 24.8. The lowest BCUT2D eigenvalue weighted by molar-refractivity contribution is 0.0691. The Kier molecular flexibility index (Phi) is 5.83. The van der Waals surface area contributed by atoms with Crippen LogP contribution in [0.15, 0.2) is 30.6 Å². The summed E-state index contributed by atoms with van der Waals surface area (Å²) in [5.74, 6) is 1.51. The molecule has 2 aliphatic heterocycles. The van der Waals surface area contributed by atoms with Gasteiger partial charge in [0.1, 0.15) is 17.2 Å². The van der Waals surface area contributed by atoms with Crippen LogP contribution in [0.1, 0.15) is 59.0 Å². The van der Waals surface area contributed by atoms with E-state index in [1.807, 2.05) is 11.0 Å². The molecule has 0 unspecified atom stereocenters. The SMILES string of the molecule is CN(C)C(=O)c1cc2cnc(Nc3ccc(C(=O)N4C[C@@H]5CN[C@@H](C5)C4)cn3)nc2n1C1CCCC1. The zero-order valence-electron chi connectivity index (χ0n) is 20.8. The van der Waals surface area contributed by atoms with Crippen molar-refractivity contribution in [3.8, 4) is 0 Å². The Morgan fingerprint density at radius 2 is 1.94 bits per heavy atom. The number of hydrogen-bond donors (Lipinski definition) is 2. The average Bonchev–Trinajstić information content (AvgIpc) is 3.61. The molecule has 3 aliphatic rings. The molecular formula is C26H32N8O2. The van der Waals surface area contributed by atoms with Crippen molar-refractivity contribution in [3.63, 3.8) is 0 Å². The molecule has 5 heterocycles. The second-order valence-electron chi connectivity index (χ2n) is 10.5. The van der Waals surface area contributed by atoms with Crippen molar-refractivity contribution in [1.29, 1.82) is 0 Å². The lowest BCUT2D eigenvalue weighted by Crippen LogP contribution is -2.44. The summed E-state index contributed by atoms with van der Waals surface area (Å²) in [5, 5.41) is 7.49. The van der Waals surface area contributed by atoms with Crippen molar-refractivity contribution < 1.29 is 9.59 Å². The van der Waals surface area contributed by atoms with Gasteiger partial charge in [-0.25, -0.2) is 9.97 Å². The van der Waals surface area contributed by atoms with Crippen LogP contribution in [0.25, 0.3) is 11.0 Å². The van der Waals surface area contributed by atoms with Crippen LogP contribution in [0, 0.1) is 5.92 Å². The van der Waals surface area contributed by atoms with Crippen LogP contribution >= 0.6 is 0 Å². The molecule has 6 rings (SSSR count). The highest BCUT2D eigenvalue weighted by molar-refractivity contribution is 5.98. The quantitative estimate of drug-likeness (QED) is 0.569. The molecule has 2 amide bonds. The molecule has 1 saturated carbocycles. The Morgan fingerprint density at radius 3 is 2.67 bits per heavy atom.